The molecule has 74 valence electrons. The summed E-state index contributed by atoms with van der Waals surface area (Å²) in [7, 11) is 0. The van der Waals surface area contributed by atoms with E-state index in [9.17, 15) is 4.79 Å². The van der Waals surface area contributed by atoms with E-state index in [-0.39, 0.29) is 5.91 Å². The first-order valence-corrected chi connectivity index (χ1v) is 4.91. The molecule has 0 fully saturated rings. The lowest BCUT2D eigenvalue weighted by molar-refractivity contribution is -0.121. The smallest absolute Gasteiger partial charge is 0.236 e. The second-order valence-electron chi connectivity index (χ2n) is 3.61. The molecule has 3 heteroatoms. The second-order valence-corrected chi connectivity index (χ2v) is 3.61. The van der Waals surface area contributed by atoms with Gasteiger partial charge in [-0.3, -0.25) is 4.79 Å². The topological polar surface area (TPSA) is 55.1 Å². The van der Waals surface area contributed by atoms with Gasteiger partial charge >= 0.3 is 0 Å². The van der Waals surface area contributed by atoms with E-state index in [1.165, 1.54) is 18.4 Å². The number of nitrogens with two attached hydrogens (primary N) is 1. The summed E-state index contributed by atoms with van der Waals surface area (Å²) < 4.78 is 0. The van der Waals surface area contributed by atoms with Crippen molar-refractivity contribution in [3.8, 4) is 0 Å². The highest BCUT2D eigenvalue weighted by Gasteiger charge is 2.08. The lowest BCUT2D eigenvalue weighted by Crippen LogP contribution is -2.39. The number of allylic oxidation sites excluding steroid dienone is 1. The number of carbonyl (C=O) groups excluding carboxylic acids is 1. The van der Waals surface area contributed by atoms with Gasteiger partial charge < -0.3 is 11.1 Å². The van der Waals surface area contributed by atoms with Crippen LogP contribution in [-0.2, 0) is 4.79 Å². The third kappa shape index (κ3) is 3.59. The molecule has 1 aliphatic carbocycles. The van der Waals surface area contributed by atoms with Crippen molar-refractivity contribution in [2.24, 2.45) is 5.73 Å². The van der Waals surface area contributed by atoms with Crippen LogP contribution in [-0.4, -0.2) is 18.5 Å². The van der Waals surface area contributed by atoms with E-state index in [1.54, 1.807) is 6.92 Å². The quantitative estimate of drug-likeness (QED) is 0.638. The van der Waals surface area contributed by atoms with E-state index >= 15 is 0 Å². The highest BCUT2D eigenvalue weighted by molar-refractivity contribution is 5.81. The molecule has 0 heterocycles. The van der Waals surface area contributed by atoms with Gasteiger partial charge in [0.25, 0.3) is 0 Å². The zero-order valence-corrected chi connectivity index (χ0v) is 8.18. The molecule has 0 radical (unpaired) electrons. The molecule has 0 bridgehead atoms. The lowest BCUT2D eigenvalue weighted by atomic mass is 10.00. The molecule has 0 saturated heterocycles. The molecule has 1 rings (SSSR count). The number of amides is 1. The minimum absolute atomic E-state index is 0.0635. The Bertz CT molecular complexity index is 209. The van der Waals surface area contributed by atoms with Gasteiger partial charge in [0, 0.05) is 6.54 Å². The standard InChI is InChI=1S/C10H18N2O/c1-8(11)10(13)12-7-9-5-3-2-4-6-9/h5,8H,2-4,6-7,11H2,1H3,(H,12,13). The fraction of sp³-hybridized carbons (Fsp3) is 0.700. The minimum atomic E-state index is -0.399. The largest absolute Gasteiger partial charge is 0.351 e. The molecule has 1 amide bonds. The van der Waals surface area contributed by atoms with Crippen molar-refractivity contribution < 1.29 is 4.79 Å². The van der Waals surface area contributed by atoms with Crippen LogP contribution in [0.5, 0.6) is 0 Å². The van der Waals surface area contributed by atoms with Crippen LogP contribution >= 0.6 is 0 Å². The van der Waals surface area contributed by atoms with Crippen molar-refractivity contribution in [3.63, 3.8) is 0 Å². The Labute approximate surface area is 79.4 Å². The van der Waals surface area contributed by atoms with E-state index in [0.717, 1.165) is 12.8 Å². The number of rotatable bonds is 3. The number of nitrogens with one attached hydrogen (secondary N) is 1. The van der Waals surface area contributed by atoms with E-state index in [4.69, 9.17) is 5.73 Å². The number of hydrogen-bond acceptors (Lipinski definition) is 2. The average molecular weight is 182 g/mol. The summed E-state index contributed by atoms with van der Waals surface area (Å²) in [4.78, 5) is 11.1. The summed E-state index contributed by atoms with van der Waals surface area (Å²) in [5.41, 5.74) is 6.77. The maximum atomic E-state index is 11.1. The van der Waals surface area contributed by atoms with Crippen LogP contribution < -0.4 is 11.1 Å². The first kappa shape index (κ1) is 10.3. The molecule has 1 unspecified atom stereocenters. The Morgan fingerprint density at radius 2 is 2.46 bits per heavy atom. The van der Waals surface area contributed by atoms with Gasteiger partial charge in [-0.05, 0) is 32.6 Å². The molecule has 3 nitrogen and oxygen atoms in total. The summed E-state index contributed by atoms with van der Waals surface area (Å²) in [6.07, 6.45) is 7.04. The normalized spacial score (nSPS) is 19.1. The van der Waals surface area contributed by atoms with Gasteiger partial charge in [0.2, 0.25) is 5.91 Å². The molecular formula is C10H18N2O. The van der Waals surface area contributed by atoms with Crippen molar-refractivity contribution in [1.82, 2.24) is 5.32 Å². The zero-order chi connectivity index (χ0) is 9.68. The molecule has 0 aromatic heterocycles. The summed E-state index contributed by atoms with van der Waals surface area (Å²) >= 11 is 0. The number of carbonyl (C=O) groups is 1. The molecule has 1 aliphatic rings. The molecule has 0 saturated carbocycles. The van der Waals surface area contributed by atoms with Crippen molar-refractivity contribution >= 4 is 5.91 Å². The summed E-state index contributed by atoms with van der Waals surface area (Å²) in [5.74, 6) is -0.0635. The Kier molecular flexibility index (Phi) is 3.96. The average Bonchev–Trinajstić information content (AvgIpc) is 2.15. The Balaban J connectivity index is 2.25. The van der Waals surface area contributed by atoms with Crippen molar-refractivity contribution in [2.75, 3.05) is 6.54 Å². The van der Waals surface area contributed by atoms with Crippen LogP contribution in [0.3, 0.4) is 0 Å². The molecule has 0 aromatic carbocycles. The lowest BCUT2D eigenvalue weighted by Gasteiger charge is -2.14. The Morgan fingerprint density at radius 1 is 1.69 bits per heavy atom. The summed E-state index contributed by atoms with van der Waals surface area (Å²) in [5, 5.41) is 2.82. The van der Waals surface area contributed by atoms with Crippen LogP contribution in [0.25, 0.3) is 0 Å². The zero-order valence-electron chi connectivity index (χ0n) is 8.18. The SMILES string of the molecule is CC(N)C(=O)NCC1=CCCCC1. The second kappa shape index (κ2) is 5.02. The van der Waals surface area contributed by atoms with E-state index in [0.29, 0.717) is 6.54 Å². The van der Waals surface area contributed by atoms with Crippen LogP contribution in [0.15, 0.2) is 11.6 Å². The molecule has 1 atom stereocenters. The summed E-state index contributed by atoms with van der Waals surface area (Å²) in [6, 6.07) is -0.399. The first-order valence-electron chi connectivity index (χ1n) is 4.91. The molecular weight excluding hydrogens is 164 g/mol. The van der Waals surface area contributed by atoms with E-state index < -0.39 is 6.04 Å². The van der Waals surface area contributed by atoms with Gasteiger partial charge in [-0.2, -0.15) is 0 Å². The van der Waals surface area contributed by atoms with Gasteiger partial charge in [0.05, 0.1) is 6.04 Å². The van der Waals surface area contributed by atoms with Gasteiger partial charge in [0.15, 0.2) is 0 Å². The van der Waals surface area contributed by atoms with Gasteiger partial charge in [0.1, 0.15) is 0 Å². The van der Waals surface area contributed by atoms with E-state index in [1.807, 2.05) is 0 Å². The highest BCUT2D eigenvalue weighted by atomic mass is 16.2. The van der Waals surface area contributed by atoms with E-state index in [2.05, 4.69) is 11.4 Å². The fourth-order valence-electron chi connectivity index (χ4n) is 1.43. The van der Waals surface area contributed by atoms with Crippen LogP contribution in [0.2, 0.25) is 0 Å². The van der Waals surface area contributed by atoms with Crippen LogP contribution in [0.1, 0.15) is 32.6 Å². The Hall–Kier alpha value is -0.830. The Morgan fingerprint density at radius 3 is 3.00 bits per heavy atom. The molecule has 0 aromatic rings. The van der Waals surface area contributed by atoms with Crippen LogP contribution in [0.4, 0.5) is 0 Å². The molecule has 0 spiro atoms. The van der Waals surface area contributed by atoms with Crippen LogP contribution in [0, 0.1) is 0 Å². The first-order chi connectivity index (χ1) is 6.20. The maximum Gasteiger partial charge on any atom is 0.236 e. The third-order valence-electron chi connectivity index (χ3n) is 2.29. The van der Waals surface area contributed by atoms with Gasteiger partial charge in [-0.25, -0.2) is 0 Å². The van der Waals surface area contributed by atoms with Crippen molar-refractivity contribution in [2.45, 2.75) is 38.6 Å². The predicted octanol–water partition coefficient (Wildman–Crippen LogP) is 0.950. The van der Waals surface area contributed by atoms with Gasteiger partial charge in [-0.15, -0.1) is 0 Å². The molecule has 13 heavy (non-hydrogen) atoms. The molecule has 0 aliphatic heterocycles. The predicted molar refractivity (Wildman–Crippen MR) is 53.2 cm³/mol. The fourth-order valence-corrected chi connectivity index (χ4v) is 1.43. The minimum Gasteiger partial charge on any atom is -0.351 e. The maximum absolute atomic E-state index is 11.1. The van der Waals surface area contributed by atoms with Crippen molar-refractivity contribution in [3.05, 3.63) is 11.6 Å². The van der Waals surface area contributed by atoms with Crippen molar-refractivity contribution in [1.29, 1.82) is 0 Å². The third-order valence-corrected chi connectivity index (χ3v) is 2.29. The van der Waals surface area contributed by atoms with Gasteiger partial charge in [-0.1, -0.05) is 11.6 Å². The monoisotopic (exact) mass is 182 g/mol. The number of hydrogen-bond donors (Lipinski definition) is 2. The summed E-state index contributed by atoms with van der Waals surface area (Å²) in [6.45, 7) is 2.38. The molecule has 3 N–H and O–H groups in total. The highest BCUT2D eigenvalue weighted by Crippen LogP contribution is 2.16.